The first kappa shape index (κ1) is 18.8. The van der Waals surface area contributed by atoms with E-state index in [0.29, 0.717) is 11.6 Å². The van der Waals surface area contributed by atoms with E-state index in [1.54, 1.807) is 12.1 Å². The molecule has 27 heavy (non-hydrogen) atoms. The van der Waals surface area contributed by atoms with Crippen molar-refractivity contribution < 1.29 is 22.7 Å². The van der Waals surface area contributed by atoms with E-state index in [1.807, 2.05) is 12.1 Å². The minimum Gasteiger partial charge on any atom is -0.404 e. The third kappa shape index (κ3) is 5.01. The molecule has 0 aliphatic carbocycles. The van der Waals surface area contributed by atoms with Gasteiger partial charge in [-0.3, -0.25) is 9.48 Å². The smallest absolute Gasteiger partial charge is 0.404 e. The quantitative estimate of drug-likeness (QED) is 0.679. The molecule has 0 aliphatic rings. The Morgan fingerprint density at radius 1 is 1.15 bits per heavy atom. The maximum Gasteiger partial charge on any atom is 0.573 e. The number of aromatic nitrogens is 2. The van der Waals surface area contributed by atoms with Gasteiger partial charge in [-0.15, -0.1) is 13.2 Å². The summed E-state index contributed by atoms with van der Waals surface area (Å²) in [7, 11) is 0. The molecule has 0 atom stereocenters. The van der Waals surface area contributed by atoms with Gasteiger partial charge in [-0.1, -0.05) is 41.9 Å². The van der Waals surface area contributed by atoms with Gasteiger partial charge >= 0.3 is 6.36 Å². The second-order valence-electron chi connectivity index (χ2n) is 5.52. The van der Waals surface area contributed by atoms with Crippen LogP contribution < -0.4 is 10.1 Å². The number of para-hydroxylation sites is 2. The number of amides is 1. The number of ether oxygens (including phenoxy) is 1. The molecule has 9 heteroatoms. The summed E-state index contributed by atoms with van der Waals surface area (Å²) in [4.78, 5) is 12.3. The fraction of sp³-hybridized carbons (Fsp3) is 0.111. The normalized spacial score (nSPS) is 11.3. The average Bonchev–Trinajstić information content (AvgIpc) is 3.06. The lowest BCUT2D eigenvalue weighted by molar-refractivity contribution is -0.274. The van der Waals surface area contributed by atoms with Crippen LogP contribution in [0.4, 0.5) is 18.9 Å². The van der Waals surface area contributed by atoms with Crippen LogP contribution in [0.15, 0.2) is 60.9 Å². The first-order valence-electron chi connectivity index (χ1n) is 7.74. The van der Waals surface area contributed by atoms with Gasteiger partial charge in [0, 0.05) is 11.2 Å². The largest absolute Gasteiger partial charge is 0.573 e. The summed E-state index contributed by atoms with van der Waals surface area (Å²) in [5, 5.41) is 7.04. The van der Waals surface area contributed by atoms with Gasteiger partial charge in [-0.05, 0) is 23.8 Å². The highest BCUT2D eigenvalue weighted by molar-refractivity contribution is 6.31. The summed E-state index contributed by atoms with van der Waals surface area (Å²) >= 11 is 6.09. The third-order valence-electron chi connectivity index (χ3n) is 3.55. The van der Waals surface area contributed by atoms with E-state index >= 15 is 0 Å². The number of carbonyl (C=O) groups is 1. The number of benzene rings is 2. The highest BCUT2D eigenvalue weighted by Crippen LogP contribution is 2.30. The number of nitrogens with one attached hydrogen (secondary N) is 1. The van der Waals surface area contributed by atoms with Gasteiger partial charge in [0.15, 0.2) is 5.75 Å². The van der Waals surface area contributed by atoms with Crippen molar-refractivity contribution in [1.82, 2.24) is 9.78 Å². The lowest BCUT2D eigenvalue weighted by Gasteiger charge is -2.13. The Kier molecular flexibility index (Phi) is 5.36. The highest BCUT2D eigenvalue weighted by atomic mass is 35.5. The van der Waals surface area contributed by atoms with E-state index in [0.717, 1.165) is 11.6 Å². The molecule has 140 valence electrons. The van der Waals surface area contributed by atoms with Crippen LogP contribution in [0.25, 0.3) is 0 Å². The number of hydrogen-bond acceptors (Lipinski definition) is 3. The molecular weight excluding hydrogens is 383 g/mol. The van der Waals surface area contributed by atoms with Crippen molar-refractivity contribution in [2.24, 2.45) is 0 Å². The molecule has 0 radical (unpaired) electrons. The predicted molar refractivity (Wildman–Crippen MR) is 93.9 cm³/mol. The first-order chi connectivity index (χ1) is 12.8. The van der Waals surface area contributed by atoms with Crippen molar-refractivity contribution in [3.05, 3.63) is 77.1 Å². The fourth-order valence-corrected chi connectivity index (χ4v) is 2.54. The first-order valence-corrected chi connectivity index (χ1v) is 8.11. The van der Waals surface area contributed by atoms with Gasteiger partial charge in [0.1, 0.15) is 0 Å². The van der Waals surface area contributed by atoms with Crippen molar-refractivity contribution in [2.75, 3.05) is 5.32 Å². The average molecular weight is 396 g/mol. The Hall–Kier alpha value is -3.00. The number of rotatable bonds is 5. The minimum absolute atomic E-state index is 0.0984. The van der Waals surface area contributed by atoms with Crippen molar-refractivity contribution in [1.29, 1.82) is 0 Å². The monoisotopic (exact) mass is 395 g/mol. The van der Waals surface area contributed by atoms with E-state index < -0.39 is 18.0 Å². The van der Waals surface area contributed by atoms with Gasteiger partial charge in [-0.25, -0.2) is 0 Å². The zero-order valence-corrected chi connectivity index (χ0v) is 14.5. The number of hydrogen-bond donors (Lipinski definition) is 1. The molecular formula is C18H13ClF3N3O2. The molecule has 3 aromatic rings. The third-order valence-corrected chi connectivity index (χ3v) is 3.92. The summed E-state index contributed by atoms with van der Waals surface area (Å²) in [5.74, 6) is -1.11. The summed E-state index contributed by atoms with van der Waals surface area (Å²) in [6.07, 6.45) is -2.06. The highest BCUT2D eigenvalue weighted by Gasteiger charge is 2.32. The van der Waals surface area contributed by atoms with Crippen molar-refractivity contribution in [3.8, 4) is 5.75 Å². The number of halogens is 4. The van der Waals surface area contributed by atoms with Crippen LogP contribution in [0.1, 0.15) is 15.9 Å². The van der Waals surface area contributed by atoms with Crippen LogP contribution in [0.3, 0.4) is 0 Å². The summed E-state index contributed by atoms with van der Waals surface area (Å²) in [5.41, 5.74) is 0.903. The predicted octanol–water partition coefficient (Wildman–Crippen LogP) is 4.74. The molecule has 0 unspecified atom stereocenters. The number of anilines is 1. The molecule has 0 saturated carbocycles. The molecule has 0 fully saturated rings. The zero-order chi connectivity index (χ0) is 19.4. The molecule has 0 bridgehead atoms. The fourth-order valence-electron chi connectivity index (χ4n) is 2.35. The molecule has 1 amide bonds. The standard InChI is InChI=1S/C18H13ClF3N3O2/c19-14-6-2-1-5-12(14)10-25-11-13(9-23-25)17(26)24-15-7-3-4-8-16(15)27-18(20,21)22/h1-9,11H,10H2,(H,24,26). The van der Waals surface area contributed by atoms with Crippen LogP contribution in [0, 0.1) is 0 Å². The topological polar surface area (TPSA) is 56.1 Å². The molecule has 0 saturated heterocycles. The number of nitrogens with zero attached hydrogens (tertiary/aromatic N) is 2. The summed E-state index contributed by atoms with van der Waals surface area (Å²) in [6, 6.07) is 12.5. The van der Waals surface area contributed by atoms with Crippen LogP contribution in [-0.4, -0.2) is 22.1 Å². The molecule has 1 aromatic heterocycles. The van der Waals surface area contributed by atoms with E-state index in [4.69, 9.17) is 11.6 Å². The van der Waals surface area contributed by atoms with Gasteiger partial charge < -0.3 is 10.1 Å². The zero-order valence-electron chi connectivity index (χ0n) is 13.7. The summed E-state index contributed by atoms with van der Waals surface area (Å²) in [6.45, 7) is 0.348. The van der Waals surface area contributed by atoms with Crippen LogP contribution in [0.5, 0.6) is 5.75 Å². The van der Waals surface area contributed by atoms with Gasteiger partial charge in [-0.2, -0.15) is 5.10 Å². The molecule has 3 rings (SSSR count). The van der Waals surface area contributed by atoms with E-state index in [2.05, 4.69) is 15.2 Å². The summed E-state index contributed by atoms with van der Waals surface area (Å²) < 4.78 is 42.8. The van der Waals surface area contributed by atoms with Crippen LogP contribution >= 0.6 is 11.6 Å². The Balaban J connectivity index is 1.73. The molecule has 2 aromatic carbocycles. The minimum atomic E-state index is -4.86. The number of carbonyl (C=O) groups excluding carboxylic acids is 1. The van der Waals surface area contributed by atoms with Crippen molar-refractivity contribution in [3.63, 3.8) is 0 Å². The second-order valence-corrected chi connectivity index (χ2v) is 5.92. The molecule has 5 nitrogen and oxygen atoms in total. The van der Waals surface area contributed by atoms with Crippen LogP contribution in [0.2, 0.25) is 5.02 Å². The SMILES string of the molecule is O=C(Nc1ccccc1OC(F)(F)F)c1cnn(Cc2ccccc2Cl)c1. The molecule has 1 heterocycles. The second kappa shape index (κ2) is 7.71. The lowest BCUT2D eigenvalue weighted by atomic mass is 10.2. The lowest BCUT2D eigenvalue weighted by Crippen LogP contribution is -2.19. The maximum atomic E-state index is 12.5. The van der Waals surface area contributed by atoms with Crippen molar-refractivity contribution >= 4 is 23.2 Å². The van der Waals surface area contributed by atoms with E-state index in [9.17, 15) is 18.0 Å². The number of alkyl halides is 3. The Bertz CT molecular complexity index is 957. The Morgan fingerprint density at radius 2 is 1.85 bits per heavy atom. The van der Waals surface area contributed by atoms with E-state index in [-0.39, 0.29) is 11.3 Å². The van der Waals surface area contributed by atoms with Crippen LogP contribution in [-0.2, 0) is 6.54 Å². The molecule has 0 spiro atoms. The van der Waals surface area contributed by atoms with Gasteiger partial charge in [0.2, 0.25) is 0 Å². The maximum absolute atomic E-state index is 12.5. The van der Waals surface area contributed by atoms with Gasteiger partial charge in [0.05, 0.1) is 24.0 Å². The molecule has 1 N–H and O–H groups in total. The van der Waals surface area contributed by atoms with Gasteiger partial charge in [0.25, 0.3) is 5.91 Å². The van der Waals surface area contributed by atoms with E-state index in [1.165, 1.54) is 35.3 Å². The van der Waals surface area contributed by atoms with Crippen molar-refractivity contribution in [2.45, 2.75) is 12.9 Å². The Morgan fingerprint density at radius 3 is 2.59 bits per heavy atom. The molecule has 0 aliphatic heterocycles. The Labute approximate surface area is 157 Å².